The molecule has 0 aliphatic rings. The Kier molecular flexibility index (Phi) is 7.34. The molecule has 1 atom stereocenters. The largest absolute Gasteiger partial charge is 0.383 e. The van der Waals surface area contributed by atoms with Crippen LogP contribution in [0.25, 0.3) is 0 Å². The van der Waals surface area contributed by atoms with E-state index in [0.717, 1.165) is 6.54 Å². The SMILES string of the molecule is CCC(N)C(=O)N(CCOC)CC(C)C. The average Bonchev–Trinajstić information content (AvgIpc) is 2.21. The van der Waals surface area contributed by atoms with Crippen LogP contribution in [0.5, 0.6) is 0 Å². The summed E-state index contributed by atoms with van der Waals surface area (Å²) in [6.07, 6.45) is 0.681. The number of carbonyl (C=O) groups is 1. The third-order valence-electron chi connectivity index (χ3n) is 2.22. The van der Waals surface area contributed by atoms with Crippen molar-refractivity contribution in [3.63, 3.8) is 0 Å². The number of rotatable bonds is 7. The number of hydrogen-bond donors (Lipinski definition) is 1. The van der Waals surface area contributed by atoms with E-state index in [0.29, 0.717) is 25.5 Å². The summed E-state index contributed by atoms with van der Waals surface area (Å²) in [6, 6.07) is -0.374. The molecule has 0 rings (SSSR count). The molecular weight excluding hydrogens is 192 g/mol. The highest BCUT2D eigenvalue weighted by Gasteiger charge is 2.19. The van der Waals surface area contributed by atoms with Gasteiger partial charge in [0.2, 0.25) is 5.91 Å². The molecule has 0 aromatic rings. The minimum atomic E-state index is -0.374. The topological polar surface area (TPSA) is 55.6 Å². The highest BCUT2D eigenvalue weighted by molar-refractivity contribution is 5.81. The van der Waals surface area contributed by atoms with Gasteiger partial charge in [0.15, 0.2) is 0 Å². The van der Waals surface area contributed by atoms with Gasteiger partial charge in [-0.25, -0.2) is 0 Å². The second-order valence-corrected chi connectivity index (χ2v) is 4.19. The first-order chi connectivity index (χ1) is 7.02. The molecule has 15 heavy (non-hydrogen) atoms. The Bertz CT molecular complexity index is 183. The molecule has 2 N–H and O–H groups in total. The Morgan fingerprint density at radius 1 is 1.47 bits per heavy atom. The summed E-state index contributed by atoms with van der Waals surface area (Å²) in [5.74, 6) is 0.484. The van der Waals surface area contributed by atoms with E-state index in [-0.39, 0.29) is 11.9 Å². The number of methoxy groups -OCH3 is 1. The molecule has 4 heteroatoms. The van der Waals surface area contributed by atoms with Gasteiger partial charge in [0.1, 0.15) is 0 Å². The van der Waals surface area contributed by atoms with E-state index in [2.05, 4.69) is 13.8 Å². The quantitative estimate of drug-likeness (QED) is 0.686. The van der Waals surface area contributed by atoms with E-state index >= 15 is 0 Å². The number of carbonyl (C=O) groups excluding carboxylic acids is 1. The van der Waals surface area contributed by atoms with Crippen LogP contribution in [-0.4, -0.2) is 43.7 Å². The van der Waals surface area contributed by atoms with E-state index in [1.807, 2.05) is 6.92 Å². The molecule has 0 radical (unpaired) electrons. The molecule has 0 spiro atoms. The number of nitrogens with zero attached hydrogens (tertiary/aromatic N) is 1. The predicted molar refractivity (Wildman–Crippen MR) is 61.6 cm³/mol. The van der Waals surface area contributed by atoms with Crippen molar-refractivity contribution < 1.29 is 9.53 Å². The molecule has 0 aliphatic carbocycles. The van der Waals surface area contributed by atoms with Crippen LogP contribution < -0.4 is 5.73 Å². The third kappa shape index (κ3) is 5.74. The molecule has 0 saturated heterocycles. The van der Waals surface area contributed by atoms with Crippen LogP contribution in [0, 0.1) is 5.92 Å². The molecule has 1 unspecified atom stereocenters. The highest BCUT2D eigenvalue weighted by Crippen LogP contribution is 2.02. The van der Waals surface area contributed by atoms with Crippen LogP contribution in [0.3, 0.4) is 0 Å². The average molecular weight is 216 g/mol. The molecule has 90 valence electrons. The van der Waals surface area contributed by atoms with E-state index in [4.69, 9.17) is 10.5 Å². The standard InChI is InChI=1S/C11H24N2O2/c1-5-10(12)11(14)13(6-7-15-4)8-9(2)3/h9-10H,5-8,12H2,1-4H3. The van der Waals surface area contributed by atoms with Gasteiger partial charge in [-0.1, -0.05) is 20.8 Å². The van der Waals surface area contributed by atoms with Gasteiger partial charge in [-0.15, -0.1) is 0 Å². The molecule has 4 nitrogen and oxygen atoms in total. The second-order valence-electron chi connectivity index (χ2n) is 4.19. The maximum absolute atomic E-state index is 11.9. The highest BCUT2D eigenvalue weighted by atomic mass is 16.5. The monoisotopic (exact) mass is 216 g/mol. The van der Waals surface area contributed by atoms with Gasteiger partial charge < -0.3 is 15.4 Å². The Morgan fingerprint density at radius 3 is 2.47 bits per heavy atom. The van der Waals surface area contributed by atoms with E-state index in [9.17, 15) is 4.79 Å². The summed E-state index contributed by atoms with van der Waals surface area (Å²) in [7, 11) is 1.64. The lowest BCUT2D eigenvalue weighted by Crippen LogP contribution is -2.46. The lowest BCUT2D eigenvalue weighted by molar-refractivity contribution is -0.133. The molecule has 0 aromatic carbocycles. The van der Waals surface area contributed by atoms with Crippen molar-refractivity contribution in [1.82, 2.24) is 4.90 Å². The van der Waals surface area contributed by atoms with Gasteiger partial charge in [0.05, 0.1) is 12.6 Å². The van der Waals surface area contributed by atoms with Gasteiger partial charge in [-0.2, -0.15) is 0 Å². The summed E-state index contributed by atoms with van der Waals surface area (Å²) < 4.78 is 4.98. The predicted octanol–water partition coefficient (Wildman–Crippen LogP) is 0.855. The summed E-state index contributed by atoms with van der Waals surface area (Å²) in [4.78, 5) is 13.7. The Balaban J connectivity index is 4.26. The third-order valence-corrected chi connectivity index (χ3v) is 2.22. The van der Waals surface area contributed by atoms with Gasteiger partial charge in [0.25, 0.3) is 0 Å². The first-order valence-corrected chi connectivity index (χ1v) is 5.56. The summed E-state index contributed by atoms with van der Waals surface area (Å²) in [6.45, 7) is 8.04. The van der Waals surface area contributed by atoms with Crippen LogP contribution in [0.1, 0.15) is 27.2 Å². The normalized spacial score (nSPS) is 12.9. The van der Waals surface area contributed by atoms with Crippen molar-refractivity contribution in [2.45, 2.75) is 33.2 Å². The van der Waals surface area contributed by atoms with Crippen LogP contribution in [0.2, 0.25) is 0 Å². The fraction of sp³-hybridized carbons (Fsp3) is 0.909. The zero-order chi connectivity index (χ0) is 11.8. The molecule has 0 aliphatic heterocycles. The zero-order valence-corrected chi connectivity index (χ0v) is 10.3. The number of hydrogen-bond acceptors (Lipinski definition) is 3. The Labute approximate surface area is 92.8 Å². The molecule has 0 fully saturated rings. The summed E-state index contributed by atoms with van der Waals surface area (Å²) in [5.41, 5.74) is 5.73. The molecular formula is C11H24N2O2. The van der Waals surface area contributed by atoms with Crippen LogP contribution in [0.4, 0.5) is 0 Å². The van der Waals surface area contributed by atoms with Crippen molar-refractivity contribution in [2.75, 3.05) is 26.8 Å². The van der Waals surface area contributed by atoms with Crippen LogP contribution in [-0.2, 0) is 9.53 Å². The van der Waals surface area contributed by atoms with Gasteiger partial charge in [0, 0.05) is 20.2 Å². The fourth-order valence-corrected chi connectivity index (χ4v) is 1.34. The van der Waals surface area contributed by atoms with Crippen molar-refractivity contribution in [2.24, 2.45) is 11.7 Å². The smallest absolute Gasteiger partial charge is 0.239 e. The minimum absolute atomic E-state index is 0.0308. The molecule has 0 bridgehead atoms. The first-order valence-electron chi connectivity index (χ1n) is 5.56. The van der Waals surface area contributed by atoms with Crippen molar-refractivity contribution in [3.05, 3.63) is 0 Å². The maximum Gasteiger partial charge on any atom is 0.239 e. The van der Waals surface area contributed by atoms with Crippen LogP contribution in [0.15, 0.2) is 0 Å². The van der Waals surface area contributed by atoms with Crippen molar-refractivity contribution >= 4 is 5.91 Å². The Morgan fingerprint density at radius 2 is 2.07 bits per heavy atom. The minimum Gasteiger partial charge on any atom is -0.383 e. The van der Waals surface area contributed by atoms with Crippen LogP contribution >= 0.6 is 0 Å². The second kappa shape index (κ2) is 7.65. The van der Waals surface area contributed by atoms with E-state index in [1.165, 1.54) is 0 Å². The molecule has 0 heterocycles. The number of ether oxygens (including phenoxy) is 1. The summed E-state index contributed by atoms with van der Waals surface area (Å²) in [5, 5.41) is 0. The van der Waals surface area contributed by atoms with Gasteiger partial charge in [-0.3, -0.25) is 4.79 Å². The van der Waals surface area contributed by atoms with E-state index in [1.54, 1.807) is 12.0 Å². The molecule has 0 saturated carbocycles. The van der Waals surface area contributed by atoms with E-state index < -0.39 is 0 Å². The van der Waals surface area contributed by atoms with Gasteiger partial charge in [-0.05, 0) is 12.3 Å². The maximum atomic E-state index is 11.9. The fourth-order valence-electron chi connectivity index (χ4n) is 1.34. The lowest BCUT2D eigenvalue weighted by Gasteiger charge is -2.26. The van der Waals surface area contributed by atoms with Crippen molar-refractivity contribution in [3.8, 4) is 0 Å². The number of amides is 1. The molecule has 0 aromatic heterocycles. The van der Waals surface area contributed by atoms with Crippen molar-refractivity contribution in [1.29, 1.82) is 0 Å². The lowest BCUT2D eigenvalue weighted by atomic mass is 10.1. The summed E-state index contributed by atoms with van der Waals surface area (Å²) >= 11 is 0. The first kappa shape index (κ1) is 14.4. The molecule has 1 amide bonds. The number of nitrogens with two attached hydrogens (primary N) is 1. The van der Waals surface area contributed by atoms with Gasteiger partial charge >= 0.3 is 0 Å². The zero-order valence-electron chi connectivity index (χ0n) is 10.3. The Hall–Kier alpha value is -0.610.